The Balaban J connectivity index is 1.23. The van der Waals surface area contributed by atoms with Crippen LogP contribution in [-0.2, 0) is 25.7 Å². The molecule has 15 heteroatoms. The molecule has 4 aliphatic rings. The summed E-state index contributed by atoms with van der Waals surface area (Å²) in [5.74, 6) is -2.16. The number of carbonyl (C=O) groups is 2. The maximum absolute atomic E-state index is 15.6. The third-order valence-electron chi connectivity index (χ3n) is 16.5. The van der Waals surface area contributed by atoms with Gasteiger partial charge in [-0.25, -0.2) is 4.79 Å². The summed E-state index contributed by atoms with van der Waals surface area (Å²) >= 11 is 0. The van der Waals surface area contributed by atoms with Crippen LogP contribution in [-0.4, -0.2) is 88.8 Å². The van der Waals surface area contributed by atoms with E-state index in [0.29, 0.717) is 55.2 Å². The zero-order valence-corrected chi connectivity index (χ0v) is 46.9. The number of amides is 2. The molecule has 2 fully saturated rings. The van der Waals surface area contributed by atoms with Gasteiger partial charge in [-0.15, -0.1) is 6.58 Å². The molecule has 1 saturated carbocycles. The van der Waals surface area contributed by atoms with Gasteiger partial charge in [0.15, 0.2) is 0 Å². The Hall–Kier alpha value is -6.39. The number of oxime groups is 1. The molecule has 2 aliphatic heterocycles. The van der Waals surface area contributed by atoms with Gasteiger partial charge in [0, 0.05) is 68.8 Å². The highest BCUT2D eigenvalue weighted by Crippen LogP contribution is 2.62. The number of non-ortho nitro benzene ring substituents is 1. The predicted molar refractivity (Wildman–Crippen MR) is 312 cm³/mol. The molecular weight excluding hydrogens is 1010 g/mol. The third-order valence-corrected chi connectivity index (χ3v) is 16.5. The minimum atomic E-state index is -1.58. The SMILES string of the molecule is C=CCO[C@@]12Oc3ccc(OC(=O)NCCCCCCCCCCCC)cc3[C@H]3[C@H](CCCCO)[C@@H](CCCCO)C=C(C(=NOC4CCCCO4)C[C@@H]1N(Cc1cccc4ccccc14)C(=O)C=Cc1ccc([N+](=O)[O-])cc1)[C@H]32. The second kappa shape index (κ2) is 30.4. The summed E-state index contributed by atoms with van der Waals surface area (Å²) in [5.41, 5.74) is 3.74. The van der Waals surface area contributed by atoms with Crippen molar-refractivity contribution in [2.45, 2.75) is 166 Å². The topological polar surface area (TPSA) is 192 Å². The van der Waals surface area contributed by atoms with Gasteiger partial charge >= 0.3 is 6.09 Å². The molecule has 0 bridgehead atoms. The minimum Gasteiger partial charge on any atom is -0.459 e. The number of unbranched alkanes of at least 4 members (excludes halogenated alkanes) is 11. The number of nitrogens with one attached hydrogen (secondary N) is 1. The first-order valence-electron chi connectivity index (χ1n) is 29.7. The first-order valence-corrected chi connectivity index (χ1v) is 29.7. The molecule has 4 aromatic carbocycles. The summed E-state index contributed by atoms with van der Waals surface area (Å²) in [7, 11) is 0. The summed E-state index contributed by atoms with van der Waals surface area (Å²) in [4.78, 5) is 48.5. The van der Waals surface area contributed by atoms with Crippen molar-refractivity contribution in [1.29, 1.82) is 0 Å². The van der Waals surface area contributed by atoms with E-state index in [2.05, 4.69) is 24.9 Å². The van der Waals surface area contributed by atoms with Crippen LogP contribution in [0.2, 0.25) is 0 Å². The Morgan fingerprint density at radius 3 is 2.35 bits per heavy atom. The number of nitrogens with zero attached hydrogens (tertiary/aromatic N) is 3. The number of carbonyl (C=O) groups excluding carboxylic acids is 2. The van der Waals surface area contributed by atoms with Crippen molar-refractivity contribution in [3.8, 4) is 11.5 Å². The Kier molecular flexibility index (Phi) is 22.7. The van der Waals surface area contributed by atoms with Crippen molar-refractivity contribution in [1.82, 2.24) is 10.2 Å². The smallest absolute Gasteiger partial charge is 0.412 e. The first-order chi connectivity index (χ1) is 39.2. The van der Waals surface area contributed by atoms with E-state index in [9.17, 15) is 25.1 Å². The highest BCUT2D eigenvalue weighted by atomic mass is 16.8. The van der Waals surface area contributed by atoms with Crippen LogP contribution in [0.4, 0.5) is 10.5 Å². The fourth-order valence-electron chi connectivity index (χ4n) is 12.5. The number of aliphatic hydroxyl groups is 2. The Morgan fingerprint density at radius 1 is 0.887 bits per heavy atom. The number of hydrogen-bond donors (Lipinski definition) is 3. The van der Waals surface area contributed by atoms with E-state index in [4.69, 9.17) is 28.9 Å². The van der Waals surface area contributed by atoms with Gasteiger partial charge in [0.1, 0.15) is 17.5 Å². The second-order valence-electron chi connectivity index (χ2n) is 22.0. The molecule has 4 aromatic rings. The van der Waals surface area contributed by atoms with Gasteiger partial charge in [-0.2, -0.15) is 0 Å². The van der Waals surface area contributed by atoms with Gasteiger partial charge in [-0.05, 0) is 121 Å². The minimum absolute atomic E-state index is 0.0285. The maximum atomic E-state index is 15.6. The van der Waals surface area contributed by atoms with E-state index in [-0.39, 0.29) is 62.1 Å². The highest BCUT2D eigenvalue weighted by Gasteiger charge is 2.65. The van der Waals surface area contributed by atoms with Crippen LogP contribution in [0, 0.1) is 27.9 Å². The molecule has 1 saturated heterocycles. The summed E-state index contributed by atoms with van der Waals surface area (Å²) in [6, 6.07) is 24.8. The molecule has 2 amide bonds. The number of fused-ring (bicyclic) bond motifs is 3. The molecule has 0 radical (unpaired) electrons. The number of allylic oxidation sites excluding steroid dienone is 1. The average molecular weight is 1100 g/mol. The van der Waals surface area contributed by atoms with Crippen LogP contribution in [0.3, 0.4) is 0 Å². The van der Waals surface area contributed by atoms with Crippen LogP contribution < -0.4 is 14.8 Å². The van der Waals surface area contributed by atoms with Crippen LogP contribution in [0.5, 0.6) is 11.5 Å². The van der Waals surface area contributed by atoms with Gasteiger partial charge in [0.05, 0.1) is 29.8 Å². The molecule has 2 heterocycles. The fourth-order valence-corrected chi connectivity index (χ4v) is 12.5. The van der Waals surface area contributed by atoms with Gasteiger partial charge < -0.3 is 44.2 Å². The van der Waals surface area contributed by atoms with Crippen LogP contribution >= 0.6 is 0 Å². The molecule has 430 valence electrons. The summed E-state index contributed by atoms with van der Waals surface area (Å²) in [6.45, 7) is 7.68. The number of hydrogen-bond acceptors (Lipinski definition) is 12. The van der Waals surface area contributed by atoms with Crippen LogP contribution in [0.1, 0.15) is 158 Å². The normalized spacial score (nSPS) is 22.7. The molecule has 80 heavy (non-hydrogen) atoms. The second-order valence-corrected chi connectivity index (χ2v) is 22.0. The largest absolute Gasteiger partial charge is 0.459 e. The summed E-state index contributed by atoms with van der Waals surface area (Å²) < 4.78 is 27.0. The van der Waals surface area contributed by atoms with E-state index in [1.54, 1.807) is 30.4 Å². The summed E-state index contributed by atoms with van der Waals surface area (Å²) in [5, 5.41) is 41.9. The maximum Gasteiger partial charge on any atom is 0.412 e. The predicted octanol–water partition coefficient (Wildman–Crippen LogP) is 13.7. The van der Waals surface area contributed by atoms with E-state index in [1.165, 1.54) is 63.2 Å². The molecule has 2 aliphatic carbocycles. The Bertz CT molecular complexity index is 2750. The third kappa shape index (κ3) is 15.3. The molecule has 3 N–H and O–H groups in total. The highest BCUT2D eigenvalue weighted by molar-refractivity contribution is 6.03. The van der Waals surface area contributed by atoms with E-state index >= 15 is 4.79 Å². The molecule has 0 aromatic heterocycles. The number of rotatable bonds is 31. The number of nitro groups is 1. The zero-order chi connectivity index (χ0) is 56.1. The van der Waals surface area contributed by atoms with Gasteiger partial charge in [-0.1, -0.05) is 137 Å². The van der Waals surface area contributed by atoms with Gasteiger partial charge in [0.2, 0.25) is 18.0 Å². The number of benzene rings is 4. The standard InChI is InChI=1S/C65H84N4O11/c1-3-5-6-7-8-9-10-11-12-18-38-66-64(73)78-52-35-36-58-56(44-52)62-54(28-16-20-40-71)49(24-15-19-39-70)43-55-57(67-80-61-29-17-21-42-76-61)45-59(65(79-58,63(55)62)77-41-4-2)68(46-50-26-22-25-48-23-13-14-27-53(48)50)60(72)37-32-47-30-33-51(34-31-47)69(74)75/h4,13-14,22-23,25-27,30-37,43-44,49,54,59,61-63,70-71H,2-3,5-12,15-21,24,28-29,38-42,45-46H2,1H3,(H,66,73)/t49-,54+,59-,61?,62+,63+,65+/m0/s1. The lowest BCUT2D eigenvalue weighted by Crippen LogP contribution is -2.70. The van der Waals surface area contributed by atoms with Gasteiger partial charge in [0.25, 0.3) is 5.69 Å². The molecule has 8 rings (SSSR count). The van der Waals surface area contributed by atoms with Crippen molar-refractivity contribution >= 4 is 40.2 Å². The average Bonchev–Trinajstić information content (AvgIpc) is 3.58. The zero-order valence-electron chi connectivity index (χ0n) is 46.9. The Morgan fingerprint density at radius 2 is 1.62 bits per heavy atom. The molecule has 0 spiro atoms. The van der Waals surface area contributed by atoms with Crippen molar-refractivity contribution < 1.29 is 48.5 Å². The number of ether oxygens (including phenoxy) is 4. The monoisotopic (exact) mass is 1100 g/mol. The summed E-state index contributed by atoms with van der Waals surface area (Å²) in [6.07, 6.45) is 24.8. The van der Waals surface area contributed by atoms with Crippen LogP contribution in [0.15, 0.2) is 120 Å². The van der Waals surface area contributed by atoms with E-state index in [1.807, 2.05) is 59.5 Å². The number of nitro benzene ring substituents is 1. The van der Waals surface area contributed by atoms with E-state index in [0.717, 1.165) is 85.3 Å². The lowest BCUT2D eigenvalue weighted by molar-refractivity contribution is -0.384. The first kappa shape index (κ1) is 59.7. The van der Waals surface area contributed by atoms with E-state index < -0.39 is 35.1 Å². The van der Waals surface area contributed by atoms with Crippen molar-refractivity contribution in [3.63, 3.8) is 0 Å². The van der Waals surface area contributed by atoms with Crippen molar-refractivity contribution in [3.05, 3.63) is 142 Å². The molecule has 7 atom stereocenters. The molecule has 15 nitrogen and oxygen atoms in total. The molecule has 1 unspecified atom stereocenters. The van der Waals surface area contributed by atoms with Crippen molar-refractivity contribution in [2.24, 2.45) is 22.9 Å². The van der Waals surface area contributed by atoms with Crippen molar-refractivity contribution in [2.75, 3.05) is 33.0 Å². The lowest BCUT2D eigenvalue weighted by Gasteiger charge is -2.60. The fraction of sp³-hybridized carbons (Fsp3) is 0.523. The molecular formula is C65H84N4O11. The van der Waals surface area contributed by atoms with Crippen LogP contribution in [0.25, 0.3) is 16.8 Å². The Labute approximate surface area is 472 Å². The quantitative estimate of drug-likeness (QED) is 0.0143. The lowest BCUT2D eigenvalue weighted by atomic mass is 9.55. The number of aliphatic hydroxyl groups excluding tert-OH is 2. The van der Waals surface area contributed by atoms with Gasteiger partial charge in [-0.3, -0.25) is 14.9 Å².